The van der Waals surface area contributed by atoms with E-state index in [2.05, 4.69) is 25.3 Å². The Kier molecular flexibility index (Phi) is 9.66. The van der Waals surface area contributed by atoms with Crippen LogP contribution >= 0.6 is 25.3 Å². The largest absolute Gasteiger partial charge is 0.380 e. The molecule has 17 heavy (non-hydrogen) atoms. The first-order chi connectivity index (χ1) is 8.02. The van der Waals surface area contributed by atoms with Gasteiger partial charge in [-0.15, -0.1) is 0 Å². The lowest BCUT2D eigenvalue weighted by molar-refractivity contribution is 0.167. The highest BCUT2D eigenvalue weighted by atomic mass is 32.2. The van der Waals surface area contributed by atoms with Crippen molar-refractivity contribution in [3.8, 4) is 0 Å². The molecule has 0 saturated heterocycles. The van der Waals surface area contributed by atoms with Crippen molar-refractivity contribution in [2.24, 2.45) is 0 Å². The molecule has 0 aromatic heterocycles. The van der Waals surface area contributed by atoms with Gasteiger partial charge in [0.15, 0.2) is 0 Å². The van der Waals surface area contributed by atoms with Gasteiger partial charge in [0, 0.05) is 11.5 Å². The minimum absolute atomic E-state index is 0.0741. The molecular formula is C10H16O4S3. The standard InChI is InChI=1S/C6H6O3S.C4H10OS2/c7-10(8,9)6-4-2-1-3-5-6;6-3-1-5-2-4-7/h1-5H,(H,7,8,9);6-7H,1-4H2. The van der Waals surface area contributed by atoms with Crippen LogP contribution in [0, 0.1) is 0 Å². The minimum atomic E-state index is -4.00. The Labute approximate surface area is 113 Å². The molecule has 1 aromatic rings. The summed E-state index contributed by atoms with van der Waals surface area (Å²) in [6.45, 7) is 1.48. The molecule has 7 heteroatoms. The summed E-state index contributed by atoms with van der Waals surface area (Å²) in [5.41, 5.74) is 0. The lowest BCUT2D eigenvalue weighted by atomic mass is 10.4. The average molecular weight is 296 g/mol. The van der Waals surface area contributed by atoms with E-state index in [4.69, 9.17) is 9.29 Å². The van der Waals surface area contributed by atoms with E-state index in [0.29, 0.717) is 0 Å². The summed E-state index contributed by atoms with van der Waals surface area (Å²) in [4.78, 5) is -0.0741. The molecule has 0 amide bonds. The van der Waals surface area contributed by atoms with E-state index in [0.717, 1.165) is 24.7 Å². The zero-order valence-electron chi connectivity index (χ0n) is 9.19. The Balaban J connectivity index is 0.000000325. The third-order valence-electron chi connectivity index (χ3n) is 1.51. The highest BCUT2D eigenvalue weighted by Gasteiger charge is 2.05. The van der Waals surface area contributed by atoms with Crippen molar-refractivity contribution in [2.75, 3.05) is 24.7 Å². The van der Waals surface area contributed by atoms with E-state index in [9.17, 15) is 8.42 Å². The van der Waals surface area contributed by atoms with E-state index >= 15 is 0 Å². The maximum Gasteiger partial charge on any atom is 0.294 e. The lowest BCUT2D eigenvalue weighted by Crippen LogP contribution is -1.97. The van der Waals surface area contributed by atoms with Crippen molar-refractivity contribution in [3.63, 3.8) is 0 Å². The van der Waals surface area contributed by atoms with Gasteiger partial charge in [-0.2, -0.15) is 33.7 Å². The lowest BCUT2D eigenvalue weighted by Gasteiger charge is -1.94. The Morgan fingerprint density at radius 2 is 1.53 bits per heavy atom. The number of ether oxygens (including phenoxy) is 1. The Morgan fingerprint density at radius 3 is 1.82 bits per heavy atom. The van der Waals surface area contributed by atoms with Gasteiger partial charge in [0.05, 0.1) is 18.1 Å². The summed E-state index contributed by atoms with van der Waals surface area (Å²) in [5, 5.41) is 0. The molecule has 0 atom stereocenters. The number of rotatable bonds is 5. The van der Waals surface area contributed by atoms with Crippen LogP contribution in [0.5, 0.6) is 0 Å². The monoisotopic (exact) mass is 296 g/mol. The van der Waals surface area contributed by atoms with Crippen LogP contribution in [0.15, 0.2) is 35.2 Å². The normalized spacial score (nSPS) is 10.5. The topological polar surface area (TPSA) is 63.6 Å². The molecule has 1 aromatic carbocycles. The van der Waals surface area contributed by atoms with E-state index in [-0.39, 0.29) is 4.90 Å². The molecule has 1 N–H and O–H groups in total. The van der Waals surface area contributed by atoms with Gasteiger partial charge in [-0.25, -0.2) is 0 Å². The maximum atomic E-state index is 10.4. The van der Waals surface area contributed by atoms with Gasteiger partial charge >= 0.3 is 0 Å². The molecule has 0 fully saturated rings. The van der Waals surface area contributed by atoms with Crippen molar-refractivity contribution < 1.29 is 17.7 Å². The zero-order chi connectivity index (χ0) is 13.1. The van der Waals surface area contributed by atoms with Crippen molar-refractivity contribution in [1.29, 1.82) is 0 Å². The number of hydrogen-bond acceptors (Lipinski definition) is 5. The number of benzene rings is 1. The summed E-state index contributed by atoms with van der Waals surface area (Å²) >= 11 is 7.89. The molecule has 0 radical (unpaired) electrons. The predicted molar refractivity (Wildman–Crippen MR) is 74.8 cm³/mol. The van der Waals surface area contributed by atoms with Crippen LogP contribution in [-0.4, -0.2) is 37.7 Å². The molecule has 0 aliphatic rings. The fourth-order valence-electron chi connectivity index (χ4n) is 0.824. The molecule has 0 aliphatic heterocycles. The SMILES string of the molecule is O=S(=O)(O)c1ccccc1.SCCOCCS. The number of thiol groups is 2. The Hall–Kier alpha value is -0.210. The molecule has 0 saturated carbocycles. The van der Waals surface area contributed by atoms with E-state index < -0.39 is 10.1 Å². The van der Waals surface area contributed by atoms with Crippen LogP contribution in [0.3, 0.4) is 0 Å². The van der Waals surface area contributed by atoms with Crippen LogP contribution < -0.4 is 0 Å². The van der Waals surface area contributed by atoms with Crippen LogP contribution in [0.2, 0.25) is 0 Å². The molecule has 0 bridgehead atoms. The fraction of sp³-hybridized carbons (Fsp3) is 0.400. The molecule has 98 valence electrons. The minimum Gasteiger partial charge on any atom is -0.380 e. The van der Waals surface area contributed by atoms with Gasteiger partial charge in [0.2, 0.25) is 0 Å². The first-order valence-corrected chi connectivity index (χ1v) is 7.55. The summed E-state index contributed by atoms with van der Waals surface area (Å²) in [6.07, 6.45) is 0. The third-order valence-corrected chi connectivity index (χ3v) is 2.75. The summed E-state index contributed by atoms with van der Waals surface area (Å²) in [6, 6.07) is 7.42. The van der Waals surface area contributed by atoms with Crippen molar-refractivity contribution in [1.82, 2.24) is 0 Å². The smallest absolute Gasteiger partial charge is 0.294 e. The van der Waals surface area contributed by atoms with Gasteiger partial charge in [0.25, 0.3) is 10.1 Å². The number of hydrogen-bond donors (Lipinski definition) is 3. The van der Waals surface area contributed by atoms with Crippen molar-refractivity contribution in [2.45, 2.75) is 4.90 Å². The van der Waals surface area contributed by atoms with Crippen LogP contribution in [0.4, 0.5) is 0 Å². The van der Waals surface area contributed by atoms with Gasteiger partial charge in [-0.05, 0) is 12.1 Å². The maximum absolute atomic E-state index is 10.4. The first kappa shape index (κ1) is 16.8. The molecule has 0 spiro atoms. The van der Waals surface area contributed by atoms with Crippen LogP contribution in [0.1, 0.15) is 0 Å². The average Bonchev–Trinajstić information content (AvgIpc) is 2.31. The molecule has 4 nitrogen and oxygen atoms in total. The van der Waals surface area contributed by atoms with Crippen LogP contribution in [0.25, 0.3) is 0 Å². The fourth-order valence-corrected chi connectivity index (χ4v) is 1.58. The zero-order valence-corrected chi connectivity index (χ0v) is 11.8. The molecule has 0 heterocycles. The van der Waals surface area contributed by atoms with Gasteiger partial charge in [-0.1, -0.05) is 18.2 Å². The summed E-state index contributed by atoms with van der Waals surface area (Å²) < 4.78 is 34.2. The Morgan fingerprint density at radius 1 is 1.06 bits per heavy atom. The molecule has 0 aliphatic carbocycles. The van der Waals surface area contributed by atoms with E-state index in [1.807, 2.05) is 0 Å². The second-order valence-corrected chi connectivity index (χ2v) is 5.16. The van der Waals surface area contributed by atoms with E-state index in [1.165, 1.54) is 12.1 Å². The molecular weight excluding hydrogens is 280 g/mol. The predicted octanol–water partition coefficient (Wildman–Crippen LogP) is 1.80. The molecule has 0 unspecified atom stereocenters. The van der Waals surface area contributed by atoms with Gasteiger partial charge < -0.3 is 4.74 Å². The highest BCUT2D eigenvalue weighted by Crippen LogP contribution is 2.05. The van der Waals surface area contributed by atoms with E-state index in [1.54, 1.807) is 18.2 Å². The quantitative estimate of drug-likeness (QED) is 0.440. The second-order valence-electron chi connectivity index (χ2n) is 2.85. The van der Waals surface area contributed by atoms with Crippen LogP contribution in [-0.2, 0) is 14.9 Å². The summed E-state index contributed by atoms with van der Waals surface area (Å²) in [5.74, 6) is 1.60. The second kappa shape index (κ2) is 9.78. The first-order valence-electron chi connectivity index (χ1n) is 4.84. The Bertz CT molecular complexity index is 374. The summed E-state index contributed by atoms with van der Waals surface area (Å²) in [7, 11) is -4.00. The van der Waals surface area contributed by atoms with Crippen molar-refractivity contribution >= 4 is 35.4 Å². The van der Waals surface area contributed by atoms with Crippen molar-refractivity contribution in [3.05, 3.63) is 30.3 Å². The third kappa shape index (κ3) is 9.49. The van der Waals surface area contributed by atoms with Gasteiger partial charge in [0.1, 0.15) is 0 Å². The highest BCUT2D eigenvalue weighted by molar-refractivity contribution is 7.85. The van der Waals surface area contributed by atoms with Gasteiger partial charge in [-0.3, -0.25) is 4.55 Å². The molecule has 1 rings (SSSR count).